The zero-order chi connectivity index (χ0) is 8.72. The number of carbonyl (C=O) groups is 1. The molecule has 0 amide bonds. The Bertz CT molecular complexity index is 191. The van der Waals surface area contributed by atoms with Crippen LogP contribution in [0.3, 0.4) is 0 Å². The number of rotatable bonds is 1. The molecule has 2 aliphatic heterocycles. The standard InChI is InChI=1S/C8H14BNO2/c1-9(12)10-6-2-3-7(10)5-8(11)4-6/h6-7,12H,2-5H2,1H3. The third-order valence-electron chi connectivity index (χ3n) is 3.03. The van der Waals surface area contributed by atoms with E-state index >= 15 is 0 Å². The minimum absolute atomic E-state index is 0.330. The summed E-state index contributed by atoms with van der Waals surface area (Å²) in [6.07, 6.45) is 3.48. The molecule has 2 saturated heterocycles. The Hall–Kier alpha value is -0.345. The Labute approximate surface area is 72.9 Å². The van der Waals surface area contributed by atoms with Crippen LogP contribution in [0.2, 0.25) is 6.82 Å². The fraction of sp³-hybridized carbons (Fsp3) is 0.875. The molecule has 2 heterocycles. The average Bonchev–Trinajstić information content (AvgIpc) is 2.24. The summed E-state index contributed by atoms with van der Waals surface area (Å²) >= 11 is 0. The molecule has 0 aromatic rings. The van der Waals surface area contributed by atoms with Crippen LogP contribution in [0.5, 0.6) is 0 Å². The van der Waals surface area contributed by atoms with Crippen LogP contribution in [-0.2, 0) is 4.79 Å². The van der Waals surface area contributed by atoms with Crippen molar-refractivity contribution in [2.45, 2.75) is 44.6 Å². The Morgan fingerprint density at radius 2 is 1.92 bits per heavy atom. The summed E-state index contributed by atoms with van der Waals surface area (Å²) in [7, 11) is -0.379. The van der Waals surface area contributed by atoms with E-state index in [1.807, 2.05) is 0 Å². The van der Waals surface area contributed by atoms with E-state index in [1.165, 1.54) is 0 Å². The van der Waals surface area contributed by atoms with Gasteiger partial charge in [0.1, 0.15) is 5.78 Å². The van der Waals surface area contributed by atoms with Crippen molar-refractivity contribution < 1.29 is 9.82 Å². The fourth-order valence-corrected chi connectivity index (χ4v) is 2.62. The number of ketones is 1. The molecule has 2 aliphatic rings. The van der Waals surface area contributed by atoms with Crippen LogP contribution in [0.15, 0.2) is 0 Å². The summed E-state index contributed by atoms with van der Waals surface area (Å²) < 4.78 is 0. The lowest BCUT2D eigenvalue weighted by molar-refractivity contribution is -0.122. The first kappa shape index (κ1) is 8.26. The molecule has 2 atom stereocenters. The number of Topliss-reactive ketones (excluding diaryl/α,β-unsaturated/α-hetero) is 1. The van der Waals surface area contributed by atoms with E-state index in [4.69, 9.17) is 0 Å². The van der Waals surface area contributed by atoms with Crippen LogP contribution in [0.4, 0.5) is 0 Å². The van der Waals surface area contributed by atoms with Gasteiger partial charge in [-0.2, -0.15) is 0 Å². The van der Waals surface area contributed by atoms with Crippen molar-refractivity contribution >= 4 is 12.8 Å². The van der Waals surface area contributed by atoms with E-state index in [9.17, 15) is 9.82 Å². The molecule has 3 nitrogen and oxygen atoms in total. The summed E-state index contributed by atoms with van der Waals surface area (Å²) in [6.45, 7) is 1.79. The van der Waals surface area contributed by atoms with Gasteiger partial charge in [-0.25, -0.2) is 0 Å². The molecule has 2 rings (SSSR count). The molecule has 0 radical (unpaired) electrons. The van der Waals surface area contributed by atoms with Crippen LogP contribution in [-0.4, -0.2) is 34.8 Å². The smallest absolute Gasteiger partial charge is 0.376 e. The van der Waals surface area contributed by atoms with E-state index in [2.05, 4.69) is 4.81 Å². The van der Waals surface area contributed by atoms with Crippen LogP contribution in [0.1, 0.15) is 25.7 Å². The van der Waals surface area contributed by atoms with Crippen molar-refractivity contribution in [3.05, 3.63) is 0 Å². The molecule has 0 aromatic heterocycles. The monoisotopic (exact) mass is 167 g/mol. The zero-order valence-corrected chi connectivity index (χ0v) is 7.36. The van der Waals surface area contributed by atoms with Gasteiger partial charge < -0.3 is 9.83 Å². The average molecular weight is 167 g/mol. The Morgan fingerprint density at radius 3 is 2.33 bits per heavy atom. The van der Waals surface area contributed by atoms with E-state index in [0.717, 1.165) is 12.8 Å². The number of piperidine rings is 1. The first-order valence-corrected chi connectivity index (χ1v) is 4.65. The molecular weight excluding hydrogens is 153 g/mol. The molecule has 2 bridgehead atoms. The normalized spacial score (nSPS) is 35.7. The summed E-state index contributed by atoms with van der Waals surface area (Å²) in [4.78, 5) is 13.3. The summed E-state index contributed by atoms with van der Waals surface area (Å²) in [5, 5.41) is 9.46. The molecule has 0 saturated carbocycles. The van der Waals surface area contributed by atoms with Gasteiger partial charge in [-0.1, -0.05) is 0 Å². The molecule has 66 valence electrons. The van der Waals surface area contributed by atoms with Crippen molar-refractivity contribution in [3.8, 4) is 0 Å². The highest BCUT2D eigenvalue weighted by atomic mass is 16.2. The van der Waals surface area contributed by atoms with Crippen LogP contribution in [0, 0.1) is 0 Å². The minimum Gasteiger partial charge on any atom is -0.437 e. The molecule has 4 heteroatoms. The molecular formula is C8H14BNO2. The van der Waals surface area contributed by atoms with Crippen molar-refractivity contribution in [1.82, 2.24) is 4.81 Å². The van der Waals surface area contributed by atoms with Crippen LogP contribution < -0.4 is 0 Å². The predicted octanol–water partition coefficient (Wildman–Crippen LogP) is 0.293. The van der Waals surface area contributed by atoms with Crippen molar-refractivity contribution in [3.63, 3.8) is 0 Å². The van der Waals surface area contributed by atoms with Crippen molar-refractivity contribution in [2.24, 2.45) is 0 Å². The second-order valence-electron chi connectivity index (χ2n) is 3.91. The van der Waals surface area contributed by atoms with E-state index in [0.29, 0.717) is 30.7 Å². The maximum absolute atomic E-state index is 11.2. The molecule has 2 unspecified atom stereocenters. The molecule has 1 N–H and O–H groups in total. The second kappa shape index (κ2) is 2.85. The second-order valence-corrected chi connectivity index (χ2v) is 3.91. The fourth-order valence-electron chi connectivity index (χ4n) is 2.62. The van der Waals surface area contributed by atoms with Gasteiger partial charge in [0.15, 0.2) is 0 Å². The maximum atomic E-state index is 11.2. The lowest BCUT2D eigenvalue weighted by Gasteiger charge is -2.34. The molecule has 2 fully saturated rings. The summed E-state index contributed by atoms with van der Waals surface area (Å²) in [5.41, 5.74) is 0. The highest BCUT2D eigenvalue weighted by Crippen LogP contribution is 2.33. The van der Waals surface area contributed by atoms with Gasteiger partial charge in [-0.05, 0) is 19.7 Å². The van der Waals surface area contributed by atoms with Crippen LogP contribution >= 0.6 is 0 Å². The zero-order valence-electron chi connectivity index (χ0n) is 7.36. The Morgan fingerprint density at radius 1 is 1.42 bits per heavy atom. The lowest BCUT2D eigenvalue weighted by Crippen LogP contribution is -2.50. The Kier molecular flexibility index (Phi) is 1.97. The molecule has 0 spiro atoms. The largest absolute Gasteiger partial charge is 0.437 e. The molecule has 0 aliphatic carbocycles. The summed E-state index contributed by atoms with van der Waals surface area (Å²) in [5.74, 6) is 0.374. The first-order chi connectivity index (χ1) is 5.68. The summed E-state index contributed by atoms with van der Waals surface area (Å²) in [6, 6.07) is 0.660. The first-order valence-electron chi connectivity index (χ1n) is 4.65. The number of fused-ring (bicyclic) bond motifs is 2. The van der Waals surface area contributed by atoms with Gasteiger partial charge in [0, 0.05) is 24.9 Å². The maximum Gasteiger partial charge on any atom is 0.376 e. The van der Waals surface area contributed by atoms with Gasteiger partial charge >= 0.3 is 7.05 Å². The number of hydrogen-bond donors (Lipinski definition) is 1. The minimum atomic E-state index is -0.379. The van der Waals surface area contributed by atoms with Gasteiger partial charge in [-0.3, -0.25) is 4.79 Å². The quantitative estimate of drug-likeness (QED) is 0.570. The SMILES string of the molecule is CB(O)N1C2CCC1CC(=O)C2. The third-order valence-corrected chi connectivity index (χ3v) is 3.03. The molecule has 12 heavy (non-hydrogen) atoms. The number of nitrogens with zero attached hydrogens (tertiary/aromatic N) is 1. The van der Waals surface area contributed by atoms with Gasteiger partial charge in [0.2, 0.25) is 0 Å². The van der Waals surface area contributed by atoms with Gasteiger partial charge in [0.05, 0.1) is 0 Å². The van der Waals surface area contributed by atoms with Gasteiger partial charge in [0.25, 0.3) is 0 Å². The van der Waals surface area contributed by atoms with E-state index < -0.39 is 0 Å². The van der Waals surface area contributed by atoms with Crippen LogP contribution in [0.25, 0.3) is 0 Å². The topological polar surface area (TPSA) is 40.5 Å². The highest BCUT2D eigenvalue weighted by molar-refractivity contribution is 6.45. The Balaban J connectivity index is 2.14. The van der Waals surface area contributed by atoms with E-state index in [1.54, 1.807) is 6.82 Å². The number of hydrogen-bond acceptors (Lipinski definition) is 3. The van der Waals surface area contributed by atoms with Crippen molar-refractivity contribution in [1.29, 1.82) is 0 Å². The highest BCUT2D eigenvalue weighted by Gasteiger charge is 2.42. The lowest BCUT2D eigenvalue weighted by atomic mass is 9.79. The van der Waals surface area contributed by atoms with E-state index in [-0.39, 0.29) is 7.05 Å². The number of carbonyl (C=O) groups excluding carboxylic acids is 1. The molecule has 0 aromatic carbocycles. The predicted molar refractivity (Wildman–Crippen MR) is 46.7 cm³/mol. The van der Waals surface area contributed by atoms with Gasteiger partial charge in [-0.15, -0.1) is 0 Å². The van der Waals surface area contributed by atoms with Crippen molar-refractivity contribution in [2.75, 3.05) is 0 Å². The third kappa shape index (κ3) is 1.19.